The number of ether oxygens (including phenoxy) is 1. The molecule has 2 amide bonds. The largest absolute Gasteiger partial charge is 0.495 e. The number of aryl methyl sites for hydroxylation is 1. The number of benzene rings is 2. The monoisotopic (exact) mass is 403 g/mol. The molecule has 1 aliphatic rings. The van der Waals surface area contributed by atoms with Crippen molar-refractivity contribution in [2.45, 2.75) is 31.6 Å². The SMILES string of the molecule is CCCNC(=O)N1CCc2cc(S(=O)(=O)Nc3cc(C)ccc3OC)ccc21. The van der Waals surface area contributed by atoms with Gasteiger partial charge in [0.25, 0.3) is 10.0 Å². The highest BCUT2D eigenvalue weighted by Crippen LogP contribution is 2.32. The molecule has 28 heavy (non-hydrogen) atoms. The van der Waals surface area contributed by atoms with Crippen LogP contribution < -0.4 is 19.7 Å². The van der Waals surface area contributed by atoms with Crippen molar-refractivity contribution in [2.24, 2.45) is 0 Å². The molecule has 0 saturated heterocycles. The lowest BCUT2D eigenvalue weighted by Gasteiger charge is -2.18. The summed E-state index contributed by atoms with van der Waals surface area (Å²) in [4.78, 5) is 14.1. The van der Waals surface area contributed by atoms with Gasteiger partial charge in [-0.25, -0.2) is 13.2 Å². The van der Waals surface area contributed by atoms with E-state index in [0.29, 0.717) is 30.9 Å². The minimum atomic E-state index is -3.79. The fourth-order valence-electron chi connectivity index (χ4n) is 3.19. The van der Waals surface area contributed by atoms with Gasteiger partial charge < -0.3 is 10.1 Å². The lowest BCUT2D eigenvalue weighted by Crippen LogP contribution is -2.39. The van der Waals surface area contributed by atoms with Gasteiger partial charge in [0.15, 0.2) is 0 Å². The van der Waals surface area contributed by atoms with E-state index in [1.54, 1.807) is 29.2 Å². The molecule has 150 valence electrons. The van der Waals surface area contributed by atoms with E-state index in [1.165, 1.54) is 13.2 Å². The van der Waals surface area contributed by atoms with Gasteiger partial charge in [0.1, 0.15) is 5.75 Å². The molecule has 2 aromatic rings. The second-order valence-electron chi connectivity index (χ2n) is 6.73. The van der Waals surface area contributed by atoms with Crippen LogP contribution in [-0.4, -0.2) is 34.6 Å². The Morgan fingerprint density at radius 2 is 2.00 bits per heavy atom. The number of nitrogens with zero attached hydrogens (tertiary/aromatic N) is 1. The van der Waals surface area contributed by atoms with Crippen molar-refractivity contribution in [3.8, 4) is 5.75 Å². The molecule has 1 heterocycles. The van der Waals surface area contributed by atoms with E-state index < -0.39 is 10.0 Å². The molecule has 0 saturated carbocycles. The molecule has 0 atom stereocenters. The summed E-state index contributed by atoms with van der Waals surface area (Å²) in [6.07, 6.45) is 1.48. The fourth-order valence-corrected chi connectivity index (χ4v) is 4.30. The highest BCUT2D eigenvalue weighted by molar-refractivity contribution is 7.92. The van der Waals surface area contributed by atoms with Crippen LogP contribution in [0.4, 0.5) is 16.2 Å². The Labute approximate surface area is 165 Å². The summed E-state index contributed by atoms with van der Waals surface area (Å²) in [5.41, 5.74) is 2.90. The minimum absolute atomic E-state index is 0.154. The number of carbonyl (C=O) groups excluding carboxylic acids is 1. The van der Waals surface area contributed by atoms with Crippen LogP contribution >= 0.6 is 0 Å². The Morgan fingerprint density at radius 1 is 1.21 bits per heavy atom. The van der Waals surface area contributed by atoms with Crippen molar-refractivity contribution >= 4 is 27.4 Å². The summed E-state index contributed by atoms with van der Waals surface area (Å²) >= 11 is 0. The Morgan fingerprint density at radius 3 is 2.71 bits per heavy atom. The summed E-state index contributed by atoms with van der Waals surface area (Å²) in [6.45, 7) is 5.02. The van der Waals surface area contributed by atoms with Gasteiger partial charge in [-0.15, -0.1) is 0 Å². The van der Waals surface area contributed by atoms with Gasteiger partial charge in [0.2, 0.25) is 0 Å². The molecule has 2 N–H and O–H groups in total. The van der Waals surface area contributed by atoms with E-state index in [0.717, 1.165) is 23.2 Å². The fraction of sp³-hybridized carbons (Fsp3) is 0.350. The molecule has 0 aliphatic carbocycles. The first kappa shape index (κ1) is 20.0. The molecule has 3 rings (SSSR count). The van der Waals surface area contributed by atoms with Crippen molar-refractivity contribution in [2.75, 3.05) is 29.8 Å². The third-order valence-electron chi connectivity index (χ3n) is 4.63. The van der Waals surface area contributed by atoms with Crippen molar-refractivity contribution in [3.63, 3.8) is 0 Å². The smallest absolute Gasteiger partial charge is 0.321 e. The predicted octanol–water partition coefficient (Wildman–Crippen LogP) is 3.29. The number of carbonyl (C=O) groups is 1. The molecular weight excluding hydrogens is 378 g/mol. The van der Waals surface area contributed by atoms with E-state index in [2.05, 4.69) is 10.0 Å². The van der Waals surface area contributed by atoms with Gasteiger partial charge in [-0.05, 0) is 61.2 Å². The van der Waals surface area contributed by atoms with Crippen LogP contribution in [0.1, 0.15) is 24.5 Å². The third kappa shape index (κ3) is 4.06. The maximum atomic E-state index is 12.9. The number of amides is 2. The van der Waals surface area contributed by atoms with Crippen LogP contribution in [0.15, 0.2) is 41.3 Å². The second kappa shape index (κ2) is 8.10. The number of nitrogens with one attached hydrogen (secondary N) is 2. The predicted molar refractivity (Wildman–Crippen MR) is 110 cm³/mol. The number of anilines is 2. The molecule has 0 bridgehead atoms. The topological polar surface area (TPSA) is 87.7 Å². The Kier molecular flexibility index (Phi) is 5.79. The minimum Gasteiger partial charge on any atom is -0.495 e. The van der Waals surface area contributed by atoms with Gasteiger partial charge in [0.05, 0.1) is 17.7 Å². The lowest BCUT2D eigenvalue weighted by atomic mass is 10.2. The van der Waals surface area contributed by atoms with Crippen LogP contribution in [-0.2, 0) is 16.4 Å². The normalized spacial score (nSPS) is 13.2. The number of rotatable bonds is 6. The van der Waals surface area contributed by atoms with Crippen LogP contribution in [0.2, 0.25) is 0 Å². The van der Waals surface area contributed by atoms with Gasteiger partial charge in [-0.3, -0.25) is 9.62 Å². The maximum absolute atomic E-state index is 12.9. The number of hydrogen-bond donors (Lipinski definition) is 2. The molecule has 8 heteroatoms. The number of methoxy groups -OCH3 is 1. The summed E-state index contributed by atoms with van der Waals surface area (Å²) in [5.74, 6) is 0.453. The van der Waals surface area contributed by atoms with Crippen LogP contribution in [0.5, 0.6) is 5.75 Å². The van der Waals surface area contributed by atoms with Gasteiger partial charge >= 0.3 is 6.03 Å². The van der Waals surface area contributed by atoms with Gasteiger partial charge in [-0.2, -0.15) is 0 Å². The van der Waals surface area contributed by atoms with E-state index >= 15 is 0 Å². The summed E-state index contributed by atoms with van der Waals surface area (Å²) in [7, 11) is -2.29. The second-order valence-corrected chi connectivity index (χ2v) is 8.42. The molecular formula is C20H25N3O4S. The molecule has 7 nitrogen and oxygen atoms in total. The first-order valence-corrected chi connectivity index (χ1v) is 10.7. The average Bonchev–Trinajstić information content (AvgIpc) is 3.09. The first-order chi connectivity index (χ1) is 13.4. The number of hydrogen-bond acceptors (Lipinski definition) is 4. The highest BCUT2D eigenvalue weighted by atomic mass is 32.2. The molecule has 1 aliphatic heterocycles. The maximum Gasteiger partial charge on any atom is 0.321 e. The Bertz CT molecular complexity index is 989. The van der Waals surface area contributed by atoms with E-state index in [-0.39, 0.29) is 10.9 Å². The van der Waals surface area contributed by atoms with E-state index in [4.69, 9.17) is 4.74 Å². The number of sulfonamides is 1. The van der Waals surface area contributed by atoms with E-state index in [1.807, 2.05) is 19.9 Å². The number of fused-ring (bicyclic) bond motifs is 1. The first-order valence-electron chi connectivity index (χ1n) is 9.21. The van der Waals surface area contributed by atoms with E-state index in [9.17, 15) is 13.2 Å². The summed E-state index contributed by atoms with van der Waals surface area (Å²) < 4.78 is 33.6. The molecule has 0 aromatic heterocycles. The summed E-state index contributed by atoms with van der Waals surface area (Å²) in [6, 6.07) is 9.99. The van der Waals surface area contributed by atoms with Gasteiger partial charge in [0, 0.05) is 18.8 Å². The average molecular weight is 404 g/mol. The molecule has 0 radical (unpaired) electrons. The third-order valence-corrected chi connectivity index (χ3v) is 5.99. The van der Waals surface area contributed by atoms with Crippen LogP contribution in [0, 0.1) is 6.92 Å². The zero-order valence-electron chi connectivity index (χ0n) is 16.3. The van der Waals surface area contributed by atoms with Crippen molar-refractivity contribution in [1.29, 1.82) is 0 Å². The molecule has 0 fully saturated rings. The molecule has 2 aromatic carbocycles. The quantitative estimate of drug-likeness (QED) is 0.775. The standard InChI is InChI=1S/C20H25N3O4S/c1-4-10-21-20(24)23-11-9-15-13-16(6-7-18(15)23)28(25,26)22-17-12-14(2)5-8-19(17)27-3/h5-8,12-13,22H,4,9-11H2,1-3H3,(H,21,24). The van der Waals surface area contributed by atoms with Crippen molar-refractivity contribution in [3.05, 3.63) is 47.5 Å². The molecule has 0 spiro atoms. The zero-order chi connectivity index (χ0) is 20.3. The van der Waals surface area contributed by atoms with Crippen LogP contribution in [0.3, 0.4) is 0 Å². The van der Waals surface area contributed by atoms with Crippen LogP contribution in [0.25, 0.3) is 0 Å². The van der Waals surface area contributed by atoms with Gasteiger partial charge in [-0.1, -0.05) is 13.0 Å². The van der Waals surface area contributed by atoms with Crippen molar-refractivity contribution < 1.29 is 17.9 Å². The highest BCUT2D eigenvalue weighted by Gasteiger charge is 2.26. The van der Waals surface area contributed by atoms with Crippen molar-refractivity contribution in [1.82, 2.24) is 5.32 Å². The molecule has 0 unspecified atom stereocenters. The number of urea groups is 1. The Hall–Kier alpha value is -2.74. The lowest BCUT2D eigenvalue weighted by molar-refractivity contribution is 0.247. The Balaban J connectivity index is 1.85. The summed E-state index contributed by atoms with van der Waals surface area (Å²) in [5, 5.41) is 2.85. The zero-order valence-corrected chi connectivity index (χ0v) is 17.1.